The molecule has 4 nitrogen and oxygen atoms in total. The largest absolute Gasteiger partial charge is 0.444 e. The monoisotopic (exact) mass is 278 g/mol. The number of nitrogens with one attached hydrogen (secondary N) is 2. The van der Waals surface area contributed by atoms with Gasteiger partial charge in [0.15, 0.2) is 0 Å². The Hall–Kier alpha value is -1.71. The van der Waals surface area contributed by atoms with Crippen LogP contribution in [0.4, 0.5) is 16.2 Å². The minimum atomic E-state index is -0.494. The van der Waals surface area contributed by atoms with Crippen LogP contribution in [-0.2, 0) is 4.74 Å². The van der Waals surface area contributed by atoms with Gasteiger partial charge in [0.2, 0.25) is 0 Å². The second kappa shape index (κ2) is 6.16. The lowest BCUT2D eigenvalue weighted by atomic mass is 9.97. The molecular formula is C16H26N2O2. The van der Waals surface area contributed by atoms with E-state index in [2.05, 4.69) is 31.4 Å². The highest BCUT2D eigenvalue weighted by Gasteiger charge is 2.16. The van der Waals surface area contributed by atoms with Crippen molar-refractivity contribution in [1.82, 2.24) is 0 Å². The number of anilines is 2. The second-order valence-electron chi connectivity index (χ2n) is 7.12. The van der Waals surface area contributed by atoms with Gasteiger partial charge < -0.3 is 10.1 Å². The third-order valence-corrected chi connectivity index (χ3v) is 2.33. The lowest BCUT2D eigenvalue weighted by molar-refractivity contribution is 0.0636. The predicted molar refractivity (Wildman–Crippen MR) is 84.2 cm³/mol. The summed E-state index contributed by atoms with van der Waals surface area (Å²) in [4.78, 5) is 11.7. The van der Waals surface area contributed by atoms with Crippen molar-refractivity contribution in [2.75, 3.05) is 17.2 Å². The summed E-state index contributed by atoms with van der Waals surface area (Å²) in [7, 11) is 0. The normalized spacial score (nSPS) is 11.9. The summed E-state index contributed by atoms with van der Waals surface area (Å²) >= 11 is 0. The molecule has 1 aromatic rings. The first-order valence-electron chi connectivity index (χ1n) is 6.89. The highest BCUT2D eigenvalue weighted by atomic mass is 16.6. The number of rotatable bonds is 3. The maximum absolute atomic E-state index is 11.7. The Kier molecular flexibility index (Phi) is 5.03. The van der Waals surface area contributed by atoms with Crippen LogP contribution >= 0.6 is 0 Å². The first-order valence-corrected chi connectivity index (χ1v) is 6.89. The summed E-state index contributed by atoms with van der Waals surface area (Å²) in [5, 5.41) is 6.09. The van der Waals surface area contributed by atoms with Crippen molar-refractivity contribution < 1.29 is 9.53 Å². The van der Waals surface area contributed by atoms with Crippen LogP contribution in [0, 0.1) is 5.41 Å². The second-order valence-corrected chi connectivity index (χ2v) is 7.12. The van der Waals surface area contributed by atoms with Crippen LogP contribution in [0.15, 0.2) is 24.3 Å². The molecule has 1 aromatic carbocycles. The fourth-order valence-electron chi connectivity index (χ4n) is 1.50. The standard InChI is InChI=1S/C16H26N2O2/c1-15(2,3)11-17-12-8-7-9-13(10-12)18-14(19)20-16(4,5)6/h7-10,17H,11H2,1-6H3,(H,18,19). The first kappa shape index (κ1) is 16.3. The van der Waals surface area contributed by atoms with E-state index >= 15 is 0 Å². The van der Waals surface area contributed by atoms with Crippen LogP contribution in [0.1, 0.15) is 41.5 Å². The minimum Gasteiger partial charge on any atom is -0.444 e. The van der Waals surface area contributed by atoms with Gasteiger partial charge in [-0.25, -0.2) is 4.79 Å². The zero-order valence-corrected chi connectivity index (χ0v) is 13.3. The summed E-state index contributed by atoms with van der Waals surface area (Å²) in [6.45, 7) is 12.9. The average molecular weight is 278 g/mol. The molecule has 2 N–H and O–H groups in total. The van der Waals surface area contributed by atoms with Crippen LogP contribution < -0.4 is 10.6 Å². The molecule has 112 valence electrons. The molecule has 0 aliphatic heterocycles. The zero-order valence-electron chi connectivity index (χ0n) is 13.3. The van der Waals surface area contributed by atoms with Gasteiger partial charge in [-0.1, -0.05) is 26.8 Å². The highest BCUT2D eigenvalue weighted by molar-refractivity contribution is 5.85. The molecule has 0 saturated heterocycles. The van der Waals surface area contributed by atoms with E-state index in [-0.39, 0.29) is 5.41 Å². The van der Waals surface area contributed by atoms with Gasteiger partial charge in [-0.2, -0.15) is 0 Å². The van der Waals surface area contributed by atoms with Crippen LogP contribution in [0.5, 0.6) is 0 Å². The van der Waals surface area contributed by atoms with Gasteiger partial charge in [0.05, 0.1) is 0 Å². The van der Waals surface area contributed by atoms with Gasteiger partial charge in [-0.3, -0.25) is 5.32 Å². The molecule has 0 radical (unpaired) electrons. The number of hydrogen-bond donors (Lipinski definition) is 2. The van der Waals surface area contributed by atoms with E-state index in [0.717, 1.165) is 17.9 Å². The zero-order chi connectivity index (χ0) is 15.4. The van der Waals surface area contributed by atoms with Crippen molar-refractivity contribution in [3.63, 3.8) is 0 Å². The molecule has 1 amide bonds. The van der Waals surface area contributed by atoms with Crippen LogP contribution in [0.2, 0.25) is 0 Å². The summed E-state index contributed by atoms with van der Waals surface area (Å²) < 4.78 is 5.23. The quantitative estimate of drug-likeness (QED) is 0.856. The maximum atomic E-state index is 11.7. The van der Waals surface area contributed by atoms with Crippen LogP contribution in [-0.4, -0.2) is 18.2 Å². The average Bonchev–Trinajstić information content (AvgIpc) is 2.23. The van der Waals surface area contributed by atoms with Crippen molar-refractivity contribution in [3.8, 4) is 0 Å². The Morgan fingerprint density at radius 3 is 2.25 bits per heavy atom. The smallest absolute Gasteiger partial charge is 0.412 e. The number of carbonyl (C=O) groups excluding carboxylic acids is 1. The molecule has 0 spiro atoms. The maximum Gasteiger partial charge on any atom is 0.412 e. The van der Waals surface area contributed by atoms with Crippen molar-refractivity contribution in [2.45, 2.75) is 47.1 Å². The van der Waals surface area contributed by atoms with E-state index < -0.39 is 11.7 Å². The summed E-state index contributed by atoms with van der Waals surface area (Å²) in [6.07, 6.45) is -0.439. The van der Waals surface area contributed by atoms with Crippen molar-refractivity contribution in [3.05, 3.63) is 24.3 Å². The van der Waals surface area contributed by atoms with Crippen molar-refractivity contribution in [2.24, 2.45) is 5.41 Å². The van der Waals surface area contributed by atoms with E-state index in [1.165, 1.54) is 0 Å². The number of carbonyl (C=O) groups is 1. The molecule has 1 rings (SSSR count). The number of hydrogen-bond acceptors (Lipinski definition) is 3. The van der Waals surface area contributed by atoms with Gasteiger partial charge in [-0.15, -0.1) is 0 Å². The Labute approximate surface area is 121 Å². The Balaban J connectivity index is 2.62. The number of amides is 1. The van der Waals surface area contributed by atoms with E-state index in [4.69, 9.17) is 4.74 Å². The Morgan fingerprint density at radius 2 is 1.70 bits per heavy atom. The third kappa shape index (κ3) is 7.02. The molecule has 0 aliphatic carbocycles. The summed E-state index contributed by atoms with van der Waals surface area (Å²) in [5.74, 6) is 0. The predicted octanol–water partition coefficient (Wildman–Crippen LogP) is 4.49. The van der Waals surface area contributed by atoms with Crippen LogP contribution in [0.25, 0.3) is 0 Å². The molecule has 4 heteroatoms. The SMILES string of the molecule is CC(C)(C)CNc1cccc(NC(=O)OC(C)(C)C)c1. The molecule has 20 heavy (non-hydrogen) atoms. The molecule has 0 saturated carbocycles. The minimum absolute atomic E-state index is 0.203. The summed E-state index contributed by atoms with van der Waals surface area (Å²) in [6, 6.07) is 7.62. The lowest BCUT2D eigenvalue weighted by Crippen LogP contribution is -2.27. The fraction of sp³-hybridized carbons (Fsp3) is 0.562. The number of benzene rings is 1. The van der Waals surface area contributed by atoms with Gasteiger partial charge >= 0.3 is 6.09 Å². The van der Waals surface area contributed by atoms with Crippen molar-refractivity contribution in [1.29, 1.82) is 0 Å². The van der Waals surface area contributed by atoms with E-state index in [1.807, 2.05) is 45.0 Å². The highest BCUT2D eigenvalue weighted by Crippen LogP contribution is 2.19. The number of ether oxygens (including phenoxy) is 1. The first-order chi connectivity index (χ1) is 9.05. The van der Waals surface area contributed by atoms with E-state index in [0.29, 0.717) is 0 Å². The van der Waals surface area contributed by atoms with Gasteiger partial charge in [-0.05, 0) is 44.4 Å². The molecule has 0 aliphatic rings. The molecule has 0 heterocycles. The Morgan fingerprint density at radius 1 is 1.10 bits per heavy atom. The molecule has 0 atom stereocenters. The van der Waals surface area contributed by atoms with E-state index in [1.54, 1.807) is 0 Å². The third-order valence-electron chi connectivity index (χ3n) is 2.33. The van der Waals surface area contributed by atoms with Gasteiger partial charge in [0.25, 0.3) is 0 Å². The fourth-order valence-corrected chi connectivity index (χ4v) is 1.50. The summed E-state index contributed by atoms with van der Waals surface area (Å²) in [5.41, 5.74) is 1.41. The molecule has 0 bridgehead atoms. The lowest BCUT2D eigenvalue weighted by Gasteiger charge is -2.21. The van der Waals surface area contributed by atoms with Gasteiger partial charge in [0.1, 0.15) is 5.60 Å². The van der Waals surface area contributed by atoms with E-state index in [9.17, 15) is 4.79 Å². The molecule has 0 unspecified atom stereocenters. The van der Waals surface area contributed by atoms with Gasteiger partial charge in [0, 0.05) is 17.9 Å². The van der Waals surface area contributed by atoms with Crippen LogP contribution in [0.3, 0.4) is 0 Å². The Bertz CT molecular complexity index is 456. The topological polar surface area (TPSA) is 50.4 Å². The molecule has 0 fully saturated rings. The van der Waals surface area contributed by atoms with Crippen molar-refractivity contribution >= 4 is 17.5 Å². The molecular weight excluding hydrogens is 252 g/mol. The molecule has 0 aromatic heterocycles.